The monoisotopic (exact) mass is 367 g/mol. The van der Waals surface area contributed by atoms with Crippen molar-refractivity contribution in [3.63, 3.8) is 0 Å². The van der Waals surface area contributed by atoms with Crippen LogP contribution in [0.3, 0.4) is 0 Å². The first-order chi connectivity index (χ1) is 13.2. The Kier molecular flexibility index (Phi) is 6.85. The number of methoxy groups -OCH3 is 1. The van der Waals surface area contributed by atoms with E-state index in [1.807, 2.05) is 12.1 Å². The normalized spacial score (nSPS) is 18.2. The molecule has 0 bridgehead atoms. The fraction of sp³-hybridized carbons (Fsp3) is 0.409. The summed E-state index contributed by atoms with van der Waals surface area (Å²) in [4.78, 5) is 17.2. The summed E-state index contributed by atoms with van der Waals surface area (Å²) in [6.07, 6.45) is 0.939. The van der Waals surface area contributed by atoms with Gasteiger partial charge in [0.25, 0.3) is 5.91 Å². The van der Waals surface area contributed by atoms with Crippen LogP contribution >= 0.6 is 0 Å². The fourth-order valence-electron chi connectivity index (χ4n) is 3.54. The highest BCUT2D eigenvalue weighted by Gasteiger charge is 2.25. The highest BCUT2D eigenvalue weighted by molar-refractivity contribution is 5.94. The molecule has 1 fully saturated rings. The van der Waals surface area contributed by atoms with Gasteiger partial charge in [0.2, 0.25) is 0 Å². The number of nitrogens with one attached hydrogen (secondary N) is 1. The summed E-state index contributed by atoms with van der Waals surface area (Å²) >= 11 is 0. The van der Waals surface area contributed by atoms with Gasteiger partial charge in [-0.05, 0) is 43.3 Å². The van der Waals surface area contributed by atoms with Gasteiger partial charge in [0.15, 0.2) is 0 Å². The Morgan fingerprint density at radius 3 is 2.56 bits per heavy atom. The summed E-state index contributed by atoms with van der Waals surface area (Å²) in [7, 11) is 3.80. The number of ether oxygens (including phenoxy) is 1. The van der Waals surface area contributed by atoms with E-state index in [-0.39, 0.29) is 5.91 Å². The van der Waals surface area contributed by atoms with E-state index in [1.54, 1.807) is 19.2 Å². The number of carbonyl (C=O) groups is 1. The van der Waals surface area contributed by atoms with Gasteiger partial charge in [0.05, 0.1) is 7.11 Å². The molecule has 1 atom stereocenters. The molecule has 0 aromatic heterocycles. The first kappa shape index (κ1) is 19.4. The number of piperazine rings is 1. The maximum atomic E-state index is 12.3. The molecule has 0 aliphatic carbocycles. The Hall–Kier alpha value is -2.37. The van der Waals surface area contributed by atoms with Gasteiger partial charge in [-0.3, -0.25) is 9.69 Å². The number of nitrogens with zero attached hydrogens (tertiary/aromatic N) is 2. The van der Waals surface area contributed by atoms with Crippen molar-refractivity contribution in [1.29, 1.82) is 0 Å². The summed E-state index contributed by atoms with van der Waals surface area (Å²) < 4.78 is 5.13. The lowest BCUT2D eigenvalue weighted by Gasteiger charge is -2.40. The second-order valence-electron chi connectivity index (χ2n) is 7.06. The number of benzene rings is 2. The summed E-state index contributed by atoms with van der Waals surface area (Å²) in [5.74, 6) is 0.726. The number of amides is 1. The molecule has 0 radical (unpaired) electrons. The Morgan fingerprint density at radius 1 is 1.11 bits per heavy atom. The summed E-state index contributed by atoms with van der Waals surface area (Å²) in [5.41, 5.74) is 2.03. The third-order valence-corrected chi connectivity index (χ3v) is 5.14. The molecule has 5 heteroatoms. The lowest BCUT2D eigenvalue weighted by atomic mass is 10.0. The van der Waals surface area contributed by atoms with Crippen molar-refractivity contribution in [2.24, 2.45) is 0 Å². The van der Waals surface area contributed by atoms with Crippen molar-refractivity contribution in [3.05, 3.63) is 65.7 Å². The van der Waals surface area contributed by atoms with Crippen LogP contribution in [0.4, 0.5) is 0 Å². The van der Waals surface area contributed by atoms with Crippen LogP contribution in [-0.2, 0) is 0 Å². The minimum Gasteiger partial charge on any atom is -0.497 e. The van der Waals surface area contributed by atoms with Crippen LogP contribution in [0.25, 0.3) is 0 Å². The molecule has 0 saturated carbocycles. The average Bonchev–Trinajstić information content (AvgIpc) is 2.72. The fourth-order valence-corrected chi connectivity index (χ4v) is 3.54. The Bertz CT molecular complexity index is 718. The molecule has 1 heterocycles. The summed E-state index contributed by atoms with van der Waals surface area (Å²) in [5, 5.41) is 3.02. The lowest BCUT2D eigenvalue weighted by molar-refractivity contribution is 0.0866. The van der Waals surface area contributed by atoms with Gasteiger partial charge in [-0.2, -0.15) is 0 Å². The SMILES string of the molecule is COc1ccc(C(=O)NCCCN2CCN(C)CC2c2ccccc2)cc1. The Labute approximate surface area is 161 Å². The van der Waals surface area contributed by atoms with Gasteiger partial charge in [-0.1, -0.05) is 30.3 Å². The predicted octanol–water partition coefficient (Wildman–Crippen LogP) is 2.80. The topological polar surface area (TPSA) is 44.8 Å². The van der Waals surface area contributed by atoms with Crippen molar-refractivity contribution in [3.8, 4) is 5.75 Å². The standard InChI is InChI=1S/C22H29N3O2/c1-24-15-16-25(21(17-24)18-7-4-3-5-8-18)14-6-13-23-22(26)19-9-11-20(27-2)12-10-19/h3-5,7-12,21H,6,13-17H2,1-2H3,(H,23,26). The highest BCUT2D eigenvalue weighted by Crippen LogP contribution is 2.24. The van der Waals surface area contributed by atoms with Gasteiger partial charge in [-0.15, -0.1) is 0 Å². The van der Waals surface area contributed by atoms with Crippen molar-refractivity contribution >= 4 is 5.91 Å². The van der Waals surface area contributed by atoms with Crippen molar-refractivity contribution < 1.29 is 9.53 Å². The van der Waals surface area contributed by atoms with Crippen LogP contribution in [0, 0.1) is 0 Å². The molecule has 5 nitrogen and oxygen atoms in total. The van der Waals surface area contributed by atoms with Gasteiger partial charge in [0, 0.05) is 44.3 Å². The van der Waals surface area contributed by atoms with E-state index < -0.39 is 0 Å². The maximum Gasteiger partial charge on any atom is 0.251 e. The predicted molar refractivity (Wildman–Crippen MR) is 108 cm³/mol. The smallest absolute Gasteiger partial charge is 0.251 e. The molecule has 1 saturated heterocycles. The summed E-state index contributed by atoms with van der Waals surface area (Å²) in [6, 6.07) is 18.3. The molecule has 1 unspecified atom stereocenters. The third kappa shape index (κ3) is 5.31. The van der Waals surface area contributed by atoms with Gasteiger partial charge in [0.1, 0.15) is 5.75 Å². The van der Waals surface area contributed by atoms with E-state index in [9.17, 15) is 4.79 Å². The molecule has 1 amide bonds. The lowest BCUT2D eigenvalue weighted by Crippen LogP contribution is -2.47. The minimum atomic E-state index is -0.0318. The van der Waals surface area contributed by atoms with Crippen LogP contribution < -0.4 is 10.1 Å². The third-order valence-electron chi connectivity index (χ3n) is 5.14. The maximum absolute atomic E-state index is 12.3. The van der Waals surface area contributed by atoms with Crippen LogP contribution in [0.5, 0.6) is 5.75 Å². The van der Waals surface area contributed by atoms with E-state index >= 15 is 0 Å². The zero-order valence-corrected chi connectivity index (χ0v) is 16.2. The molecule has 1 aliphatic rings. The second-order valence-corrected chi connectivity index (χ2v) is 7.06. The number of likely N-dealkylation sites (N-methyl/N-ethyl adjacent to an activating group) is 1. The molecule has 2 aromatic carbocycles. The zero-order chi connectivity index (χ0) is 19.1. The Balaban J connectivity index is 1.48. The number of rotatable bonds is 7. The summed E-state index contributed by atoms with van der Waals surface area (Å²) in [6.45, 7) is 4.85. The van der Waals surface area contributed by atoms with Crippen molar-refractivity contribution in [2.45, 2.75) is 12.5 Å². The largest absolute Gasteiger partial charge is 0.497 e. The van der Waals surface area contributed by atoms with E-state index in [4.69, 9.17) is 4.74 Å². The van der Waals surface area contributed by atoms with Crippen molar-refractivity contribution in [2.75, 3.05) is 46.9 Å². The highest BCUT2D eigenvalue weighted by atomic mass is 16.5. The Morgan fingerprint density at radius 2 is 1.85 bits per heavy atom. The average molecular weight is 367 g/mol. The quantitative estimate of drug-likeness (QED) is 0.765. The van der Waals surface area contributed by atoms with E-state index in [0.29, 0.717) is 18.2 Å². The van der Waals surface area contributed by atoms with Crippen LogP contribution in [0.1, 0.15) is 28.4 Å². The molecule has 144 valence electrons. The molecule has 3 rings (SSSR count). The zero-order valence-electron chi connectivity index (χ0n) is 16.2. The molecular formula is C22H29N3O2. The van der Waals surface area contributed by atoms with E-state index in [1.165, 1.54) is 5.56 Å². The van der Waals surface area contributed by atoms with E-state index in [2.05, 4.69) is 52.5 Å². The first-order valence-corrected chi connectivity index (χ1v) is 9.57. The number of hydrogen-bond acceptors (Lipinski definition) is 4. The number of hydrogen-bond donors (Lipinski definition) is 1. The number of carbonyl (C=O) groups excluding carboxylic acids is 1. The van der Waals surface area contributed by atoms with E-state index in [0.717, 1.165) is 38.3 Å². The van der Waals surface area contributed by atoms with Gasteiger partial charge < -0.3 is 15.0 Å². The molecule has 27 heavy (non-hydrogen) atoms. The molecular weight excluding hydrogens is 338 g/mol. The van der Waals surface area contributed by atoms with Crippen LogP contribution in [0.2, 0.25) is 0 Å². The minimum absolute atomic E-state index is 0.0318. The molecule has 0 spiro atoms. The molecule has 2 aromatic rings. The van der Waals surface area contributed by atoms with Gasteiger partial charge in [-0.25, -0.2) is 0 Å². The van der Waals surface area contributed by atoms with Gasteiger partial charge >= 0.3 is 0 Å². The van der Waals surface area contributed by atoms with Crippen molar-refractivity contribution in [1.82, 2.24) is 15.1 Å². The second kappa shape index (κ2) is 9.53. The first-order valence-electron chi connectivity index (χ1n) is 9.57. The van der Waals surface area contributed by atoms with Crippen LogP contribution in [0.15, 0.2) is 54.6 Å². The van der Waals surface area contributed by atoms with Crippen LogP contribution in [-0.4, -0.2) is 62.6 Å². The molecule has 1 aliphatic heterocycles. The molecule has 1 N–H and O–H groups in total.